The molecule has 7 heteroatoms. The Labute approximate surface area is 200 Å². The maximum Gasteiger partial charge on any atom is 0.138 e. The molecule has 2 heterocycles. The quantitative estimate of drug-likeness (QED) is 0.435. The molecule has 0 radical (unpaired) electrons. The van der Waals surface area contributed by atoms with Gasteiger partial charge in [-0.05, 0) is 67.8 Å². The van der Waals surface area contributed by atoms with Gasteiger partial charge in [0.25, 0.3) is 0 Å². The fraction of sp³-hybridized carbons (Fsp3) is 0.423. The molecule has 1 aliphatic heterocycles. The van der Waals surface area contributed by atoms with Gasteiger partial charge >= 0.3 is 0 Å². The van der Waals surface area contributed by atoms with E-state index in [4.69, 9.17) is 21.1 Å². The summed E-state index contributed by atoms with van der Waals surface area (Å²) in [4.78, 5) is 2.28. The SMILES string of the molecule is Cc1ccc(Cl)c(OCC2(O)CCCN(Cc3ccc(OCCCn4cccn4)cc3)C2)c1. The number of aryl methyl sites for hydroxylation is 2. The molecule has 1 fully saturated rings. The first-order valence-electron chi connectivity index (χ1n) is 11.5. The third-order valence-corrected chi connectivity index (χ3v) is 6.22. The van der Waals surface area contributed by atoms with Crippen LogP contribution in [-0.2, 0) is 13.1 Å². The highest BCUT2D eigenvalue weighted by Gasteiger charge is 2.34. The molecule has 0 saturated carbocycles. The summed E-state index contributed by atoms with van der Waals surface area (Å²) in [5.74, 6) is 1.50. The Morgan fingerprint density at radius 2 is 2.00 bits per heavy atom. The van der Waals surface area contributed by atoms with E-state index in [0.29, 0.717) is 23.9 Å². The minimum absolute atomic E-state index is 0.234. The largest absolute Gasteiger partial charge is 0.494 e. The summed E-state index contributed by atoms with van der Waals surface area (Å²) in [5, 5.41) is 15.9. The molecular formula is C26H32ClN3O3. The van der Waals surface area contributed by atoms with Crippen LogP contribution in [0.2, 0.25) is 5.02 Å². The molecule has 0 amide bonds. The van der Waals surface area contributed by atoms with E-state index < -0.39 is 5.60 Å². The number of piperidine rings is 1. The molecule has 1 saturated heterocycles. The highest BCUT2D eigenvalue weighted by molar-refractivity contribution is 6.32. The maximum absolute atomic E-state index is 11.1. The third-order valence-electron chi connectivity index (χ3n) is 5.91. The third kappa shape index (κ3) is 6.97. The van der Waals surface area contributed by atoms with Crippen molar-refractivity contribution >= 4 is 11.6 Å². The second kappa shape index (κ2) is 11.1. The van der Waals surface area contributed by atoms with Crippen molar-refractivity contribution in [1.29, 1.82) is 0 Å². The smallest absolute Gasteiger partial charge is 0.138 e. The lowest BCUT2D eigenvalue weighted by Gasteiger charge is -2.39. The minimum atomic E-state index is -0.886. The van der Waals surface area contributed by atoms with Crippen LogP contribution in [0, 0.1) is 6.92 Å². The van der Waals surface area contributed by atoms with Gasteiger partial charge in [0.1, 0.15) is 23.7 Å². The molecule has 33 heavy (non-hydrogen) atoms. The number of aromatic nitrogens is 2. The van der Waals surface area contributed by atoms with E-state index in [2.05, 4.69) is 22.1 Å². The lowest BCUT2D eigenvalue weighted by atomic mass is 9.93. The van der Waals surface area contributed by atoms with Crippen LogP contribution in [0.3, 0.4) is 0 Å². The summed E-state index contributed by atoms with van der Waals surface area (Å²) in [6, 6.07) is 15.8. The number of hydrogen-bond donors (Lipinski definition) is 1. The molecule has 6 nitrogen and oxygen atoms in total. The fourth-order valence-corrected chi connectivity index (χ4v) is 4.36. The molecule has 0 spiro atoms. The number of hydrogen-bond acceptors (Lipinski definition) is 5. The number of benzene rings is 2. The van der Waals surface area contributed by atoms with Crippen LogP contribution in [0.25, 0.3) is 0 Å². The minimum Gasteiger partial charge on any atom is -0.494 e. The second-order valence-electron chi connectivity index (χ2n) is 8.88. The second-order valence-corrected chi connectivity index (χ2v) is 9.28. The highest BCUT2D eigenvalue weighted by Crippen LogP contribution is 2.29. The van der Waals surface area contributed by atoms with Crippen molar-refractivity contribution in [3.63, 3.8) is 0 Å². The van der Waals surface area contributed by atoms with Crippen molar-refractivity contribution in [2.45, 2.75) is 44.9 Å². The van der Waals surface area contributed by atoms with E-state index in [1.165, 1.54) is 5.56 Å². The van der Waals surface area contributed by atoms with Gasteiger partial charge in [0.15, 0.2) is 0 Å². The van der Waals surface area contributed by atoms with Crippen molar-refractivity contribution in [1.82, 2.24) is 14.7 Å². The number of rotatable bonds is 10. The van der Waals surface area contributed by atoms with Crippen LogP contribution in [0.5, 0.6) is 11.5 Å². The molecule has 1 atom stereocenters. The van der Waals surface area contributed by atoms with Crippen molar-refractivity contribution in [3.8, 4) is 11.5 Å². The zero-order valence-corrected chi connectivity index (χ0v) is 19.9. The first-order valence-corrected chi connectivity index (χ1v) is 11.9. The van der Waals surface area contributed by atoms with Crippen LogP contribution in [0.15, 0.2) is 60.9 Å². The van der Waals surface area contributed by atoms with E-state index in [1.54, 1.807) is 6.20 Å². The number of halogens is 1. The van der Waals surface area contributed by atoms with Crippen molar-refractivity contribution in [3.05, 3.63) is 77.1 Å². The van der Waals surface area contributed by atoms with E-state index in [0.717, 1.165) is 50.2 Å². The summed E-state index contributed by atoms with van der Waals surface area (Å²) in [5.41, 5.74) is 1.39. The van der Waals surface area contributed by atoms with Crippen LogP contribution < -0.4 is 9.47 Å². The Kier molecular flexibility index (Phi) is 7.91. The molecular weight excluding hydrogens is 438 g/mol. The van der Waals surface area contributed by atoms with E-state index in [9.17, 15) is 5.11 Å². The number of ether oxygens (including phenoxy) is 2. The molecule has 0 aliphatic carbocycles. The molecule has 2 aromatic carbocycles. The Hall–Kier alpha value is -2.54. The maximum atomic E-state index is 11.1. The predicted octanol–water partition coefficient (Wildman–Crippen LogP) is 4.72. The topological polar surface area (TPSA) is 59.8 Å². The van der Waals surface area contributed by atoms with Gasteiger partial charge in [-0.15, -0.1) is 0 Å². The lowest BCUT2D eigenvalue weighted by molar-refractivity contribution is -0.0620. The molecule has 4 rings (SSSR count). The molecule has 176 valence electrons. The first-order chi connectivity index (χ1) is 16.0. The molecule has 1 N–H and O–H groups in total. The van der Waals surface area contributed by atoms with E-state index in [1.807, 2.05) is 54.2 Å². The van der Waals surface area contributed by atoms with E-state index in [-0.39, 0.29) is 6.61 Å². The van der Waals surface area contributed by atoms with Gasteiger partial charge in [-0.1, -0.05) is 29.8 Å². The Morgan fingerprint density at radius 1 is 1.15 bits per heavy atom. The van der Waals surface area contributed by atoms with Crippen molar-refractivity contribution in [2.75, 3.05) is 26.3 Å². The summed E-state index contributed by atoms with van der Waals surface area (Å²) >= 11 is 6.24. The van der Waals surface area contributed by atoms with Crippen LogP contribution in [-0.4, -0.2) is 51.7 Å². The average molecular weight is 470 g/mol. The summed E-state index contributed by atoms with van der Waals surface area (Å²) in [7, 11) is 0. The number of likely N-dealkylation sites (tertiary alicyclic amines) is 1. The average Bonchev–Trinajstić information content (AvgIpc) is 3.32. The van der Waals surface area contributed by atoms with E-state index >= 15 is 0 Å². The summed E-state index contributed by atoms with van der Waals surface area (Å²) < 4.78 is 13.7. The number of aliphatic hydroxyl groups is 1. The summed E-state index contributed by atoms with van der Waals surface area (Å²) in [6.07, 6.45) is 6.30. The van der Waals surface area contributed by atoms with Gasteiger partial charge in [0.05, 0.1) is 11.6 Å². The number of β-amino-alcohol motifs (C(OH)–C–C–N with tert-alkyl or cyclic N) is 1. The number of nitrogens with zero attached hydrogens (tertiary/aromatic N) is 3. The van der Waals surface area contributed by atoms with Crippen LogP contribution in [0.4, 0.5) is 0 Å². The molecule has 1 aliphatic rings. The lowest BCUT2D eigenvalue weighted by Crippen LogP contribution is -2.51. The predicted molar refractivity (Wildman–Crippen MR) is 130 cm³/mol. The van der Waals surface area contributed by atoms with Gasteiger partial charge in [0, 0.05) is 38.4 Å². The van der Waals surface area contributed by atoms with Gasteiger partial charge in [0.2, 0.25) is 0 Å². The first kappa shape index (κ1) is 23.6. The monoisotopic (exact) mass is 469 g/mol. The van der Waals surface area contributed by atoms with Crippen molar-refractivity contribution < 1.29 is 14.6 Å². The zero-order chi connectivity index (χ0) is 23.1. The zero-order valence-electron chi connectivity index (χ0n) is 19.1. The normalized spacial score (nSPS) is 18.9. The van der Waals surface area contributed by atoms with Gasteiger partial charge in [-0.2, -0.15) is 5.10 Å². The summed E-state index contributed by atoms with van der Waals surface area (Å²) in [6.45, 7) is 6.05. The fourth-order valence-electron chi connectivity index (χ4n) is 4.19. The molecule has 1 unspecified atom stereocenters. The molecule has 1 aromatic heterocycles. The Bertz CT molecular complexity index is 1010. The van der Waals surface area contributed by atoms with Crippen LogP contribution in [0.1, 0.15) is 30.4 Å². The van der Waals surface area contributed by atoms with Crippen LogP contribution >= 0.6 is 11.6 Å². The molecule has 3 aromatic rings. The molecule has 0 bridgehead atoms. The van der Waals surface area contributed by atoms with Gasteiger partial charge < -0.3 is 14.6 Å². The van der Waals surface area contributed by atoms with Gasteiger partial charge in [-0.3, -0.25) is 9.58 Å². The Morgan fingerprint density at radius 3 is 2.79 bits per heavy atom. The van der Waals surface area contributed by atoms with Crippen molar-refractivity contribution in [2.24, 2.45) is 0 Å². The Balaban J connectivity index is 1.24. The standard InChI is InChI=1S/C26H32ClN3O3/c1-21-5-10-24(27)25(17-21)33-20-26(31)11-2-13-29(19-26)18-22-6-8-23(9-7-22)32-16-4-15-30-14-3-12-28-30/h3,5-10,12,14,17,31H,2,4,11,13,15-16,18-20H2,1H3. The van der Waals surface area contributed by atoms with Gasteiger partial charge in [-0.25, -0.2) is 0 Å². The highest BCUT2D eigenvalue weighted by atomic mass is 35.5.